The van der Waals surface area contributed by atoms with Crippen molar-refractivity contribution in [1.29, 1.82) is 0 Å². The van der Waals surface area contributed by atoms with Crippen LogP contribution in [0.15, 0.2) is 66.7 Å². The van der Waals surface area contributed by atoms with Crippen molar-refractivity contribution in [2.75, 3.05) is 5.32 Å². The molecule has 1 atom stereocenters. The van der Waals surface area contributed by atoms with Crippen molar-refractivity contribution in [2.24, 2.45) is 0 Å². The first-order valence-corrected chi connectivity index (χ1v) is 8.17. The number of halogens is 1. The van der Waals surface area contributed by atoms with E-state index in [9.17, 15) is 9.59 Å². The maximum absolute atomic E-state index is 12.3. The van der Waals surface area contributed by atoms with E-state index in [1.54, 1.807) is 24.3 Å². The van der Waals surface area contributed by atoms with Crippen LogP contribution < -0.4 is 5.32 Å². The molecule has 0 aliphatic rings. The minimum absolute atomic E-state index is 0.231. The third-order valence-electron chi connectivity index (χ3n) is 3.76. The zero-order valence-corrected chi connectivity index (χ0v) is 14.3. The summed E-state index contributed by atoms with van der Waals surface area (Å²) in [5, 5.41) is 5.14. The third kappa shape index (κ3) is 3.98. The monoisotopic (exact) mass is 353 g/mol. The van der Waals surface area contributed by atoms with Gasteiger partial charge in [-0.3, -0.25) is 4.79 Å². The number of fused-ring (bicyclic) bond motifs is 1. The Morgan fingerprint density at radius 2 is 1.64 bits per heavy atom. The summed E-state index contributed by atoms with van der Waals surface area (Å²) in [5.41, 5.74) is 0.874. The Balaban J connectivity index is 1.67. The summed E-state index contributed by atoms with van der Waals surface area (Å²) in [4.78, 5) is 24.4. The van der Waals surface area contributed by atoms with Crippen LogP contribution >= 0.6 is 11.6 Å². The molecule has 0 aliphatic heterocycles. The van der Waals surface area contributed by atoms with Crippen molar-refractivity contribution in [2.45, 2.75) is 13.0 Å². The van der Waals surface area contributed by atoms with Gasteiger partial charge in [-0.2, -0.15) is 0 Å². The number of hydrogen-bond acceptors (Lipinski definition) is 3. The van der Waals surface area contributed by atoms with Crippen molar-refractivity contribution in [3.63, 3.8) is 0 Å². The maximum atomic E-state index is 12.3. The summed E-state index contributed by atoms with van der Waals surface area (Å²) >= 11 is 5.97. The second kappa shape index (κ2) is 7.36. The quantitative estimate of drug-likeness (QED) is 0.693. The number of carbonyl (C=O) groups excluding carboxylic acids is 2. The Bertz CT molecular complexity index is 939. The van der Waals surface area contributed by atoms with E-state index in [0.29, 0.717) is 5.69 Å². The standard InChI is InChI=1S/C20H16ClNO3/c1-13(25-20(24)17-8-4-5-9-18(17)21)19(23)22-16-11-10-14-6-2-3-7-15(14)12-16/h2-13H,1H3,(H,22,23)/t13-/m1/s1. The first-order chi connectivity index (χ1) is 12.0. The summed E-state index contributed by atoms with van der Waals surface area (Å²) in [5.74, 6) is -1.04. The number of anilines is 1. The molecule has 0 saturated carbocycles. The average Bonchev–Trinajstić information content (AvgIpc) is 2.61. The Labute approximate surface area is 150 Å². The molecule has 0 radical (unpaired) electrons. The first-order valence-electron chi connectivity index (χ1n) is 7.80. The summed E-state index contributed by atoms with van der Waals surface area (Å²) in [7, 11) is 0. The van der Waals surface area contributed by atoms with Crippen LogP contribution in [0.1, 0.15) is 17.3 Å². The minimum atomic E-state index is -0.949. The molecule has 126 valence electrons. The van der Waals surface area contributed by atoms with Crippen molar-refractivity contribution in [3.05, 3.63) is 77.3 Å². The zero-order chi connectivity index (χ0) is 17.8. The molecule has 25 heavy (non-hydrogen) atoms. The third-order valence-corrected chi connectivity index (χ3v) is 4.09. The summed E-state index contributed by atoms with van der Waals surface area (Å²) < 4.78 is 5.20. The van der Waals surface area contributed by atoms with E-state index in [-0.39, 0.29) is 10.6 Å². The number of amides is 1. The lowest BCUT2D eigenvalue weighted by molar-refractivity contribution is -0.123. The lowest BCUT2D eigenvalue weighted by atomic mass is 10.1. The van der Waals surface area contributed by atoms with Gasteiger partial charge in [0, 0.05) is 5.69 Å². The Morgan fingerprint density at radius 1 is 0.960 bits per heavy atom. The average molecular weight is 354 g/mol. The minimum Gasteiger partial charge on any atom is -0.449 e. The highest BCUT2D eigenvalue weighted by molar-refractivity contribution is 6.33. The summed E-state index contributed by atoms with van der Waals surface area (Å²) in [6, 6.07) is 20.0. The highest BCUT2D eigenvalue weighted by atomic mass is 35.5. The van der Waals surface area contributed by atoms with Crippen molar-refractivity contribution in [3.8, 4) is 0 Å². The molecule has 0 fully saturated rings. The fourth-order valence-electron chi connectivity index (χ4n) is 2.42. The van der Waals surface area contributed by atoms with E-state index >= 15 is 0 Å². The van der Waals surface area contributed by atoms with Gasteiger partial charge in [0.05, 0.1) is 10.6 Å². The van der Waals surface area contributed by atoms with Gasteiger partial charge < -0.3 is 10.1 Å². The Kier molecular flexibility index (Phi) is 5.00. The summed E-state index contributed by atoms with van der Waals surface area (Å²) in [6.07, 6.45) is -0.949. The molecule has 3 aromatic carbocycles. The first kappa shape index (κ1) is 17.0. The zero-order valence-electron chi connectivity index (χ0n) is 13.5. The molecule has 1 amide bonds. The van der Waals surface area contributed by atoms with E-state index in [2.05, 4.69) is 5.32 Å². The summed E-state index contributed by atoms with van der Waals surface area (Å²) in [6.45, 7) is 1.52. The molecule has 3 rings (SSSR count). The molecule has 0 unspecified atom stereocenters. The predicted molar refractivity (Wildman–Crippen MR) is 98.9 cm³/mol. The van der Waals surface area contributed by atoms with Crippen LogP contribution in [0.4, 0.5) is 5.69 Å². The van der Waals surface area contributed by atoms with Crippen molar-refractivity contribution < 1.29 is 14.3 Å². The van der Waals surface area contributed by atoms with Crippen LogP contribution in [0.5, 0.6) is 0 Å². The molecular weight excluding hydrogens is 338 g/mol. The SMILES string of the molecule is C[C@@H](OC(=O)c1ccccc1Cl)C(=O)Nc1ccc2ccccc2c1. The van der Waals surface area contributed by atoms with E-state index in [1.165, 1.54) is 6.92 Å². The molecule has 0 saturated heterocycles. The largest absolute Gasteiger partial charge is 0.449 e. The van der Waals surface area contributed by atoms with Gasteiger partial charge in [-0.15, -0.1) is 0 Å². The molecule has 0 aromatic heterocycles. The number of carbonyl (C=O) groups is 2. The number of esters is 1. The van der Waals surface area contributed by atoms with E-state index in [4.69, 9.17) is 16.3 Å². The maximum Gasteiger partial charge on any atom is 0.340 e. The molecule has 0 spiro atoms. The van der Waals surface area contributed by atoms with Gasteiger partial charge in [0.15, 0.2) is 6.10 Å². The lowest BCUT2D eigenvalue weighted by Crippen LogP contribution is -2.30. The van der Waals surface area contributed by atoms with Gasteiger partial charge in [0.25, 0.3) is 5.91 Å². The molecule has 3 aromatic rings. The topological polar surface area (TPSA) is 55.4 Å². The van der Waals surface area contributed by atoms with Gasteiger partial charge in [0.1, 0.15) is 0 Å². The number of nitrogens with one attached hydrogen (secondary N) is 1. The molecular formula is C20H16ClNO3. The predicted octanol–water partition coefficient (Wildman–Crippen LogP) is 4.68. The number of benzene rings is 3. The number of hydrogen-bond donors (Lipinski definition) is 1. The van der Waals surface area contributed by atoms with Crippen molar-refractivity contribution in [1.82, 2.24) is 0 Å². The van der Waals surface area contributed by atoms with E-state index in [1.807, 2.05) is 42.5 Å². The lowest BCUT2D eigenvalue weighted by Gasteiger charge is -2.14. The Morgan fingerprint density at radius 3 is 2.40 bits per heavy atom. The normalized spacial score (nSPS) is 11.8. The van der Waals surface area contributed by atoms with Gasteiger partial charge in [-0.05, 0) is 42.0 Å². The molecule has 5 heteroatoms. The van der Waals surface area contributed by atoms with Gasteiger partial charge in [0.2, 0.25) is 0 Å². The van der Waals surface area contributed by atoms with Crippen LogP contribution in [-0.2, 0) is 9.53 Å². The fourth-order valence-corrected chi connectivity index (χ4v) is 2.63. The van der Waals surface area contributed by atoms with Crippen LogP contribution in [-0.4, -0.2) is 18.0 Å². The molecule has 4 nitrogen and oxygen atoms in total. The second-order valence-electron chi connectivity index (χ2n) is 5.58. The van der Waals surface area contributed by atoms with E-state index in [0.717, 1.165) is 10.8 Å². The van der Waals surface area contributed by atoms with Gasteiger partial charge in [-0.25, -0.2) is 4.79 Å². The van der Waals surface area contributed by atoms with Gasteiger partial charge >= 0.3 is 5.97 Å². The number of rotatable bonds is 4. The molecule has 0 heterocycles. The van der Waals surface area contributed by atoms with Gasteiger partial charge in [-0.1, -0.05) is 54.1 Å². The number of ether oxygens (including phenoxy) is 1. The molecule has 1 N–H and O–H groups in total. The highest BCUT2D eigenvalue weighted by Gasteiger charge is 2.20. The van der Waals surface area contributed by atoms with Crippen LogP contribution in [0, 0.1) is 0 Å². The van der Waals surface area contributed by atoms with Crippen LogP contribution in [0.3, 0.4) is 0 Å². The van der Waals surface area contributed by atoms with Crippen LogP contribution in [0.25, 0.3) is 10.8 Å². The highest BCUT2D eigenvalue weighted by Crippen LogP contribution is 2.20. The molecule has 0 bridgehead atoms. The van der Waals surface area contributed by atoms with E-state index < -0.39 is 18.0 Å². The smallest absolute Gasteiger partial charge is 0.340 e. The fraction of sp³-hybridized carbons (Fsp3) is 0.100. The van der Waals surface area contributed by atoms with Crippen molar-refractivity contribution >= 4 is 39.9 Å². The second-order valence-corrected chi connectivity index (χ2v) is 5.99. The Hall–Kier alpha value is -2.85. The molecule has 0 aliphatic carbocycles. The van der Waals surface area contributed by atoms with Crippen LogP contribution in [0.2, 0.25) is 5.02 Å².